The van der Waals surface area contributed by atoms with Gasteiger partial charge in [-0.2, -0.15) is 0 Å². The summed E-state index contributed by atoms with van der Waals surface area (Å²) in [5.41, 5.74) is 12.6. The predicted octanol–water partition coefficient (Wildman–Crippen LogP) is 2.14. The molecule has 4 atom stereocenters. The van der Waals surface area contributed by atoms with Crippen molar-refractivity contribution in [2.45, 2.75) is 89.0 Å². The second-order valence-corrected chi connectivity index (χ2v) is 15.7. The number of amides is 4. The number of benzene rings is 1. The minimum Gasteiger partial charge on any atom is -0.447 e. The van der Waals surface area contributed by atoms with Crippen LogP contribution in [0.2, 0.25) is 0 Å². The van der Waals surface area contributed by atoms with Crippen molar-refractivity contribution in [3.8, 4) is 0 Å². The van der Waals surface area contributed by atoms with Crippen LogP contribution in [-0.2, 0) is 35.1 Å². The van der Waals surface area contributed by atoms with Crippen LogP contribution in [0.5, 0.6) is 0 Å². The lowest BCUT2D eigenvalue weighted by molar-refractivity contribution is -0.260. The van der Waals surface area contributed by atoms with Crippen molar-refractivity contribution in [1.82, 2.24) is 19.6 Å². The molecule has 3 saturated heterocycles. The summed E-state index contributed by atoms with van der Waals surface area (Å²) in [7, 11) is 0. The number of aliphatic hydroxyl groups is 1. The third-order valence-electron chi connectivity index (χ3n) is 12.2. The van der Waals surface area contributed by atoms with Crippen LogP contribution in [0, 0.1) is 23.7 Å². The number of ether oxygens (including phenoxy) is 4. The Bertz CT molecular complexity index is 1370. The summed E-state index contributed by atoms with van der Waals surface area (Å²) >= 11 is 0. The molecular formula is C39H60N6O9. The maximum absolute atomic E-state index is 13.4. The van der Waals surface area contributed by atoms with Gasteiger partial charge in [0.2, 0.25) is 11.8 Å². The average Bonchev–Trinajstić information content (AvgIpc) is 3.23. The van der Waals surface area contributed by atoms with E-state index in [1.807, 2.05) is 40.1 Å². The van der Waals surface area contributed by atoms with Gasteiger partial charge in [-0.25, -0.2) is 9.59 Å². The zero-order valence-corrected chi connectivity index (χ0v) is 31.5. The fourth-order valence-electron chi connectivity index (χ4n) is 8.50. The van der Waals surface area contributed by atoms with E-state index in [9.17, 15) is 24.3 Å². The van der Waals surface area contributed by atoms with E-state index in [0.717, 1.165) is 56.9 Å². The van der Waals surface area contributed by atoms with Crippen molar-refractivity contribution in [2.24, 2.45) is 35.1 Å². The third-order valence-corrected chi connectivity index (χ3v) is 12.2. The second-order valence-electron chi connectivity index (χ2n) is 15.7. The van der Waals surface area contributed by atoms with Gasteiger partial charge in [-0.05, 0) is 81.9 Å². The highest BCUT2D eigenvalue weighted by Gasteiger charge is 2.43. The van der Waals surface area contributed by atoms with Crippen molar-refractivity contribution in [1.29, 1.82) is 0 Å². The lowest BCUT2D eigenvalue weighted by atomic mass is 9.81. The normalized spacial score (nSPS) is 30.8. The number of carbonyl (C=O) groups is 4. The molecule has 0 aromatic heterocycles. The molecule has 2 aliphatic carbocycles. The largest absolute Gasteiger partial charge is 0.447 e. The zero-order chi connectivity index (χ0) is 38.0. The highest BCUT2D eigenvalue weighted by atomic mass is 16.7. The van der Waals surface area contributed by atoms with Crippen molar-refractivity contribution in [2.75, 3.05) is 72.1 Å². The van der Waals surface area contributed by atoms with Crippen molar-refractivity contribution in [3.05, 3.63) is 35.9 Å². The van der Waals surface area contributed by atoms with Gasteiger partial charge >= 0.3 is 12.2 Å². The number of piperazine rings is 2. The Kier molecular flexibility index (Phi) is 14.4. The Morgan fingerprint density at radius 1 is 0.685 bits per heavy atom. The number of nitrogens with zero attached hydrogens (tertiary/aromatic N) is 4. The predicted molar refractivity (Wildman–Crippen MR) is 197 cm³/mol. The van der Waals surface area contributed by atoms with E-state index in [4.69, 9.17) is 30.4 Å². The van der Waals surface area contributed by atoms with Crippen molar-refractivity contribution in [3.63, 3.8) is 0 Å². The highest BCUT2D eigenvalue weighted by molar-refractivity contribution is 5.80. The smallest absolute Gasteiger partial charge is 0.410 e. The van der Waals surface area contributed by atoms with Crippen molar-refractivity contribution >= 4 is 24.0 Å². The molecule has 0 unspecified atom stereocenters. The summed E-state index contributed by atoms with van der Waals surface area (Å²) in [5, 5.41) is 11.4. The summed E-state index contributed by atoms with van der Waals surface area (Å²) in [6.07, 6.45) is 2.10. The number of nitrogens with two attached hydrogens (primary N) is 2. The van der Waals surface area contributed by atoms with Crippen LogP contribution in [0.1, 0.15) is 63.4 Å². The standard InChI is InChI=1S/C39H60N6O9/c40-23-27-6-10-30(11-7-27)36(47)42-14-18-44(19-15-42)38(49)52-26-33-35(46)32(22-34(53-33)51-25-29-4-2-1-3-5-29)54-39(50)45-20-16-43(17-21-45)37(48)31-12-8-28(24-41)9-13-31/h1-5,27-28,30-35,46H,6-26,40-41H2/t27?,28?,30?,31?,32-,33-,34+,35+/m1/s1. The molecule has 3 aliphatic heterocycles. The van der Waals surface area contributed by atoms with E-state index < -0.39 is 36.8 Å². The fourth-order valence-corrected chi connectivity index (χ4v) is 8.50. The molecule has 2 saturated carbocycles. The summed E-state index contributed by atoms with van der Waals surface area (Å²) in [6, 6.07) is 9.55. The van der Waals surface area contributed by atoms with Crippen LogP contribution in [0.3, 0.4) is 0 Å². The van der Waals surface area contributed by atoms with E-state index in [2.05, 4.69) is 0 Å². The molecule has 0 spiro atoms. The Balaban J connectivity index is 0.988. The molecule has 300 valence electrons. The summed E-state index contributed by atoms with van der Waals surface area (Å²) in [5.74, 6) is 1.30. The van der Waals surface area contributed by atoms with Gasteiger partial charge in [0.15, 0.2) is 6.29 Å². The lowest BCUT2D eigenvalue weighted by Crippen LogP contribution is -2.56. The molecule has 5 fully saturated rings. The van der Waals surface area contributed by atoms with E-state index >= 15 is 0 Å². The van der Waals surface area contributed by atoms with Crippen LogP contribution in [0.15, 0.2) is 30.3 Å². The van der Waals surface area contributed by atoms with Gasteiger partial charge in [-0.15, -0.1) is 0 Å². The quantitative estimate of drug-likeness (QED) is 0.317. The molecular weight excluding hydrogens is 696 g/mol. The first-order valence-electron chi connectivity index (χ1n) is 20.1. The van der Waals surface area contributed by atoms with Crippen LogP contribution < -0.4 is 11.5 Å². The molecule has 6 rings (SSSR count). The number of hydrogen-bond acceptors (Lipinski definition) is 11. The molecule has 0 bridgehead atoms. The molecule has 15 nitrogen and oxygen atoms in total. The first-order chi connectivity index (χ1) is 26.2. The molecule has 5 N–H and O–H groups in total. The fraction of sp³-hybridized carbons (Fsp3) is 0.744. The monoisotopic (exact) mass is 756 g/mol. The van der Waals surface area contributed by atoms with Crippen LogP contribution in [0.25, 0.3) is 0 Å². The number of aliphatic hydroxyl groups excluding tert-OH is 1. The van der Waals surface area contributed by atoms with Crippen LogP contribution in [-0.4, -0.2) is 145 Å². The molecule has 3 heterocycles. The average molecular weight is 757 g/mol. The Morgan fingerprint density at radius 3 is 1.67 bits per heavy atom. The molecule has 5 aliphatic rings. The maximum Gasteiger partial charge on any atom is 0.410 e. The molecule has 1 aromatic carbocycles. The highest BCUT2D eigenvalue weighted by Crippen LogP contribution is 2.31. The topological polar surface area (TPSA) is 190 Å². The Hall–Kier alpha value is -3.50. The third kappa shape index (κ3) is 10.4. The molecule has 4 amide bonds. The first-order valence-corrected chi connectivity index (χ1v) is 20.1. The van der Waals surface area contributed by atoms with E-state index in [0.29, 0.717) is 77.3 Å². The Morgan fingerprint density at radius 2 is 1.17 bits per heavy atom. The summed E-state index contributed by atoms with van der Waals surface area (Å²) in [6.45, 7) is 4.30. The first kappa shape index (κ1) is 40.2. The summed E-state index contributed by atoms with van der Waals surface area (Å²) in [4.78, 5) is 59.7. The number of carbonyl (C=O) groups excluding carboxylic acids is 4. The van der Waals surface area contributed by atoms with E-state index in [-0.39, 0.29) is 43.3 Å². The van der Waals surface area contributed by atoms with E-state index in [1.54, 1.807) is 9.80 Å². The van der Waals surface area contributed by atoms with E-state index in [1.165, 1.54) is 0 Å². The molecule has 54 heavy (non-hydrogen) atoms. The van der Waals surface area contributed by atoms with Gasteiger partial charge in [0.1, 0.15) is 24.9 Å². The second kappa shape index (κ2) is 19.4. The zero-order valence-electron chi connectivity index (χ0n) is 31.5. The Labute approximate surface area is 318 Å². The van der Waals surface area contributed by atoms with Gasteiger partial charge < -0.3 is 55.1 Å². The minimum absolute atomic E-state index is 0.00742. The van der Waals surface area contributed by atoms with Gasteiger partial charge in [0.25, 0.3) is 0 Å². The molecule has 1 aromatic rings. The van der Waals surface area contributed by atoms with Gasteiger partial charge in [-0.1, -0.05) is 30.3 Å². The number of rotatable bonds is 10. The minimum atomic E-state index is -1.28. The summed E-state index contributed by atoms with van der Waals surface area (Å²) < 4.78 is 23.6. The van der Waals surface area contributed by atoms with Gasteiger partial charge in [0, 0.05) is 70.6 Å². The SMILES string of the molecule is NCC1CCC(C(=O)N2CCN(C(=O)OC[C@H]3O[C@H](OCc4ccccc4)C[C@@H](OC(=O)N4CCN(C(=O)C5CCC(CN)CC5)CC4)[C@@H]3O)CC2)CC1. The van der Waals surface area contributed by atoms with Crippen LogP contribution >= 0.6 is 0 Å². The molecule has 0 radical (unpaired) electrons. The lowest BCUT2D eigenvalue weighted by Gasteiger charge is -2.41. The molecule has 15 heteroatoms. The van der Waals surface area contributed by atoms with Gasteiger partial charge in [-0.3, -0.25) is 9.59 Å². The maximum atomic E-state index is 13.4. The van der Waals surface area contributed by atoms with Crippen LogP contribution in [0.4, 0.5) is 9.59 Å². The van der Waals surface area contributed by atoms with Crippen molar-refractivity contribution < 1.29 is 43.2 Å². The number of hydrogen-bond donors (Lipinski definition) is 3. The van der Waals surface area contributed by atoms with Gasteiger partial charge in [0.05, 0.1) is 6.61 Å².